The molecule has 3 rings (SSSR count). The molecule has 27 heavy (non-hydrogen) atoms. The van der Waals surface area contributed by atoms with Gasteiger partial charge in [0.2, 0.25) is 0 Å². The van der Waals surface area contributed by atoms with Crippen molar-refractivity contribution >= 4 is 22.4 Å². The number of benzene rings is 2. The third-order valence-corrected chi connectivity index (χ3v) is 4.66. The Hall–Kier alpha value is -3.29. The van der Waals surface area contributed by atoms with Crippen LogP contribution in [0.4, 0.5) is 11.4 Å². The van der Waals surface area contributed by atoms with E-state index < -0.39 is 4.92 Å². The molecule has 8 heteroatoms. The number of nitro groups is 2. The molecule has 0 aliphatic carbocycles. The molecule has 8 nitrogen and oxygen atoms in total. The van der Waals surface area contributed by atoms with Crippen molar-refractivity contribution in [2.75, 3.05) is 0 Å². The van der Waals surface area contributed by atoms with Crippen LogP contribution in [0.25, 0.3) is 11.0 Å². The number of nitro benzene ring substituents is 2. The lowest BCUT2D eigenvalue weighted by molar-refractivity contribution is -0.385. The lowest BCUT2D eigenvalue weighted by Crippen LogP contribution is -2.04. The summed E-state index contributed by atoms with van der Waals surface area (Å²) in [5.74, 6) is 0.745. The van der Waals surface area contributed by atoms with Crippen LogP contribution in [0.15, 0.2) is 36.4 Å². The highest BCUT2D eigenvalue weighted by Crippen LogP contribution is 2.30. The van der Waals surface area contributed by atoms with Gasteiger partial charge >= 0.3 is 0 Å². The maximum atomic E-state index is 11.5. The summed E-state index contributed by atoms with van der Waals surface area (Å²) in [4.78, 5) is 29.2. The predicted molar refractivity (Wildman–Crippen MR) is 102 cm³/mol. The topological polar surface area (TPSA) is 115 Å². The molecule has 3 aromatic rings. The van der Waals surface area contributed by atoms with E-state index in [4.69, 9.17) is 0 Å². The number of aromatic amines is 1. The number of H-pyrrole nitrogens is 1. The molecule has 0 aliphatic heterocycles. The highest BCUT2D eigenvalue weighted by atomic mass is 16.6. The Kier molecular flexibility index (Phi) is 4.89. The highest BCUT2D eigenvalue weighted by Gasteiger charge is 2.20. The monoisotopic (exact) mass is 368 g/mol. The fraction of sp³-hybridized carbons (Fsp3) is 0.316. The fourth-order valence-corrected chi connectivity index (χ4v) is 3.07. The standard InChI is InChI=1S/C19H20N4O4/c1-11(2)13-4-5-14(18(9-13)23(26)27)8-12(3)19-20-16-7-6-15(22(24)25)10-17(16)21-19/h4-7,9-12H,8H2,1-3H3,(H,20,21). The number of nitrogens with zero attached hydrogens (tertiary/aromatic N) is 3. The average molecular weight is 368 g/mol. The third kappa shape index (κ3) is 3.79. The Bertz CT molecular complexity index is 1030. The van der Waals surface area contributed by atoms with Crippen molar-refractivity contribution in [1.82, 2.24) is 9.97 Å². The van der Waals surface area contributed by atoms with E-state index in [1.54, 1.807) is 18.2 Å². The maximum absolute atomic E-state index is 11.5. The zero-order valence-corrected chi connectivity index (χ0v) is 15.3. The van der Waals surface area contributed by atoms with Crippen LogP contribution in [-0.4, -0.2) is 19.8 Å². The van der Waals surface area contributed by atoms with Crippen molar-refractivity contribution in [3.63, 3.8) is 0 Å². The molecule has 1 unspecified atom stereocenters. The SMILES string of the molecule is CC(C)c1ccc(CC(C)c2nc3ccc([N+](=O)[O-])cc3[nH]2)c([N+](=O)[O-])c1. The Labute approximate surface area is 155 Å². The van der Waals surface area contributed by atoms with Gasteiger partial charge in [-0.05, 0) is 24.0 Å². The summed E-state index contributed by atoms with van der Waals surface area (Å²) < 4.78 is 0. The van der Waals surface area contributed by atoms with Gasteiger partial charge in [-0.15, -0.1) is 0 Å². The predicted octanol–water partition coefficient (Wildman–Crippen LogP) is 4.85. The first-order valence-corrected chi connectivity index (χ1v) is 8.67. The normalized spacial score (nSPS) is 12.4. The highest BCUT2D eigenvalue weighted by molar-refractivity contribution is 5.77. The van der Waals surface area contributed by atoms with E-state index in [1.807, 2.05) is 26.8 Å². The van der Waals surface area contributed by atoms with E-state index in [2.05, 4.69) is 9.97 Å². The molecule has 1 heterocycles. The number of non-ortho nitro benzene ring substituents is 1. The average Bonchev–Trinajstić information content (AvgIpc) is 3.04. The van der Waals surface area contributed by atoms with E-state index in [0.717, 1.165) is 5.56 Å². The van der Waals surface area contributed by atoms with E-state index >= 15 is 0 Å². The number of hydrogen-bond donors (Lipinski definition) is 1. The van der Waals surface area contributed by atoms with Crippen molar-refractivity contribution < 1.29 is 9.85 Å². The van der Waals surface area contributed by atoms with Gasteiger partial charge in [-0.2, -0.15) is 0 Å². The van der Waals surface area contributed by atoms with Gasteiger partial charge in [0.15, 0.2) is 0 Å². The third-order valence-electron chi connectivity index (χ3n) is 4.66. The molecule has 140 valence electrons. The summed E-state index contributed by atoms with van der Waals surface area (Å²) in [6, 6.07) is 9.81. The van der Waals surface area contributed by atoms with Gasteiger partial charge in [0.05, 0.1) is 20.9 Å². The summed E-state index contributed by atoms with van der Waals surface area (Å²) in [5.41, 5.74) is 2.88. The van der Waals surface area contributed by atoms with Gasteiger partial charge in [0.1, 0.15) is 5.82 Å². The lowest BCUT2D eigenvalue weighted by atomic mass is 9.95. The van der Waals surface area contributed by atoms with Crippen LogP contribution in [-0.2, 0) is 6.42 Å². The zero-order valence-electron chi connectivity index (χ0n) is 15.3. The Balaban J connectivity index is 1.91. The Morgan fingerprint density at radius 2 is 1.78 bits per heavy atom. The molecule has 1 aromatic heterocycles. The van der Waals surface area contributed by atoms with Crippen LogP contribution >= 0.6 is 0 Å². The summed E-state index contributed by atoms with van der Waals surface area (Å²) in [6.07, 6.45) is 0.441. The van der Waals surface area contributed by atoms with Crippen molar-refractivity contribution in [2.45, 2.75) is 39.0 Å². The molecule has 0 saturated heterocycles. The van der Waals surface area contributed by atoms with Gasteiger partial charge in [-0.3, -0.25) is 20.2 Å². The first-order chi connectivity index (χ1) is 12.8. The summed E-state index contributed by atoms with van der Waals surface area (Å²) in [5, 5.41) is 22.4. The summed E-state index contributed by atoms with van der Waals surface area (Å²) in [7, 11) is 0. The van der Waals surface area contributed by atoms with Crippen molar-refractivity contribution in [3.8, 4) is 0 Å². The molecule has 0 aliphatic rings. The van der Waals surface area contributed by atoms with Crippen LogP contribution in [0.2, 0.25) is 0 Å². The van der Waals surface area contributed by atoms with Crippen molar-refractivity contribution in [1.29, 1.82) is 0 Å². The van der Waals surface area contributed by atoms with E-state index in [1.165, 1.54) is 12.1 Å². The minimum absolute atomic E-state index is 0.00901. The molecule has 0 radical (unpaired) electrons. The van der Waals surface area contributed by atoms with Crippen molar-refractivity contribution in [3.05, 3.63) is 73.6 Å². The van der Waals surface area contributed by atoms with Gasteiger partial charge < -0.3 is 4.98 Å². The first kappa shape index (κ1) is 18.5. The lowest BCUT2D eigenvalue weighted by Gasteiger charge is -2.11. The molecular weight excluding hydrogens is 348 g/mol. The summed E-state index contributed by atoms with van der Waals surface area (Å²) in [6.45, 7) is 5.91. The molecule has 0 spiro atoms. The van der Waals surface area contributed by atoms with Crippen LogP contribution in [0.1, 0.15) is 49.6 Å². The molecular formula is C19H20N4O4. The number of aromatic nitrogens is 2. The van der Waals surface area contributed by atoms with Crippen LogP contribution < -0.4 is 0 Å². The Morgan fingerprint density at radius 1 is 1.04 bits per heavy atom. The van der Waals surface area contributed by atoms with Crippen LogP contribution in [0.5, 0.6) is 0 Å². The zero-order chi connectivity index (χ0) is 19.7. The number of rotatable bonds is 6. The van der Waals surface area contributed by atoms with E-state index in [-0.39, 0.29) is 28.1 Å². The second-order valence-corrected chi connectivity index (χ2v) is 6.99. The molecule has 0 bridgehead atoms. The van der Waals surface area contributed by atoms with Crippen LogP contribution in [0.3, 0.4) is 0 Å². The maximum Gasteiger partial charge on any atom is 0.272 e. The van der Waals surface area contributed by atoms with Crippen LogP contribution in [0, 0.1) is 20.2 Å². The molecule has 0 fully saturated rings. The van der Waals surface area contributed by atoms with Gasteiger partial charge in [0, 0.05) is 29.7 Å². The number of hydrogen-bond acceptors (Lipinski definition) is 5. The molecule has 2 aromatic carbocycles. The quantitative estimate of drug-likeness (QED) is 0.493. The van der Waals surface area contributed by atoms with E-state index in [9.17, 15) is 20.2 Å². The number of fused-ring (bicyclic) bond motifs is 1. The number of nitrogens with one attached hydrogen (secondary N) is 1. The van der Waals surface area contributed by atoms with Crippen molar-refractivity contribution in [2.24, 2.45) is 0 Å². The van der Waals surface area contributed by atoms with Gasteiger partial charge in [0.25, 0.3) is 11.4 Å². The summed E-state index contributed by atoms with van der Waals surface area (Å²) >= 11 is 0. The second-order valence-electron chi connectivity index (χ2n) is 6.99. The fourth-order valence-electron chi connectivity index (χ4n) is 3.07. The van der Waals surface area contributed by atoms with Gasteiger partial charge in [-0.1, -0.05) is 32.9 Å². The minimum Gasteiger partial charge on any atom is -0.342 e. The van der Waals surface area contributed by atoms with E-state index in [0.29, 0.717) is 28.8 Å². The minimum atomic E-state index is -0.455. The largest absolute Gasteiger partial charge is 0.342 e. The first-order valence-electron chi connectivity index (χ1n) is 8.67. The Morgan fingerprint density at radius 3 is 2.41 bits per heavy atom. The smallest absolute Gasteiger partial charge is 0.272 e. The molecule has 1 atom stereocenters. The molecule has 1 N–H and O–H groups in total. The molecule has 0 saturated carbocycles. The molecule has 0 amide bonds. The second kappa shape index (κ2) is 7.14. The number of imidazole rings is 1. The van der Waals surface area contributed by atoms with Gasteiger partial charge in [-0.25, -0.2) is 4.98 Å².